The van der Waals surface area contributed by atoms with Crippen molar-refractivity contribution in [3.63, 3.8) is 0 Å². The van der Waals surface area contributed by atoms with Crippen LogP contribution in [0.25, 0.3) is 61.8 Å². The minimum Gasteiger partial charge on any atom is -0.311 e. The van der Waals surface area contributed by atoms with E-state index in [1.54, 1.807) is 0 Å². The largest absolute Gasteiger partial charge is 0.311 e. The number of hydrogen-bond donors (Lipinski definition) is 0. The minimum atomic E-state index is 0.939. The summed E-state index contributed by atoms with van der Waals surface area (Å²) < 4.78 is 6.16. The fourth-order valence-electron chi connectivity index (χ4n) is 17.1. The zero-order valence-corrected chi connectivity index (χ0v) is 72.5. The van der Waals surface area contributed by atoms with Gasteiger partial charge in [0.2, 0.25) is 0 Å². The highest BCUT2D eigenvalue weighted by molar-refractivity contribution is 5.88. The molecule has 0 aliphatic rings. The second kappa shape index (κ2) is 38.1. The molecular weight excluding hydrogens is 1600 g/mol. The topological polar surface area (TPSA) is 71.3 Å². The van der Waals surface area contributed by atoms with Gasteiger partial charge >= 0.3 is 0 Å². The lowest BCUT2D eigenvalue weighted by Crippen LogP contribution is -2.13. The van der Waals surface area contributed by atoms with Gasteiger partial charge in [0.15, 0.2) is 0 Å². The second-order valence-electron chi connectivity index (χ2n) is 32.0. The molecule has 131 heavy (non-hydrogen) atoms. The van der Waals surface area contributed by atoms with Crippen molar-refractivity contribution >= 4 is 119 Å². The molecule has 0 aliphatic heterocycles. The summed E-state index contributed by atoms with van der Waals surface area (Å²) in [5.41, 5.74) is 33.6. The number of para-hydroxylation sites is 8. The van der Waals surface area contributed by atoms with E-state index in [0.29, 0.717) is 0 Å². The molecular formula is C119H92N12. The Morgan fingerprint density at radius 3 is 0.588 bits per heavy atom. The van der Waals surface area contributed by atoms with Gasteiger partial charge in [-0.3, -0.25) is 0 Å². The molecule has 0 atom stereocenters. The van der Waals surface area contributed by atoms with Crippen LogP contribution in [0.2, 0.25) is 0 Å². The first-order chi connectivity index (χ1) is 64.8. The first kappa shape index (κ1) is 81.7. The fraction of sp³-hybridized carbons (Fsp3) is 0.0168. The van der Waals surface area contributed by atoms with Crippen LogP contribution in [-0.2, 0) is 0 Å². The third-order valence-corrected chi connectivity index (χ3v) is 23.4. The van der Waals surface area contributed by atoms with Crippen molar-refractivity contribution in [2.75, 3.05) is 29.4 Å². The summed E-state index contributed by atoms with van der Waals surface area (Å²) in [6.45, 7) is 4.38. The summed E-state index contributed by atoms with van der Waals surface area (Å²) in [6, 6.07) is 170. The standard InChI is InChI=1S/C43H32N4.2C38H30N4/c1-4-12-33(13-5-1)34-19-23-38(24-20-34)46(36-14-6-2-7-15-36)40-27-29-41(30-28-40)47(37-16-8-3-9-17-37)39-25-21-35(22-26-39)42-32-45-31-11-10-18-43(45)44-42;1-29-27-35(24-25-37(29)42(32-15-7-3-8-16-32)33-17-9-4-10-18-33)41(31-13-5-2-6-14-31)34-22-20-30(21-23-34)36-28-40-26-12-11-19-38(40)39-36;1-29-27-35(41(31-13-5-2-6-14-31)32-15-7-3-8-16-32)24-25-37(29)42(33-17-9-4-10-18-33)34-22-20-30(21-23-34)36-28-40-26-12-11-19-38(40)39-36/h1-32H;2*2-28H,1H3. The maximum absolute atomic E-state index is 4.81. The molecule has 6 aromatic heterocycles. The molecule has 0 bridgehead atoms. The first-order valence-corrected chi connectivity index (χ1v) is 44.1. The van der Waals surface area contributed by atoms with Gasteiger partial charge in [0, 0.05) is 156 Å². The first-order valence-electron chi connectivity index (χ1n) is 44.1. The number of fused-ring (bicyclic) bond motifs is 3. The quantitative estimate of drug-likeness (QED) is 0.0660. The predicted molar refractivity (Wildman–Crippen MR) is 545 cm³/mol. The Balaban J connectivity index is 0.000000123. The van der Waals surface area contributed by atoms with Crippen molar-refractivity contribution < 1.29 is 0 Å². The Labute approximate surface area is 764 Å². The van der Waals surface area contributed by atoms with E-state index >= 15 is 0 Å². The molecule has 628 valence electrons. The van der Waals surface area contributed by atoms with E-state index in [4.69, 9.17) is 15.0 Å². The summed E-state index contributed by atoms with van der Waals surface area (Å²) in [5.74, 6) is 0. The van der Waals surface area contributed by atoms with Gasteiger partial charge in [0.25, 0.3) is 0 Å². The third kappa shape index (κ3) is 18.1. The predicted octanol–water partition coefficient (Wildman–Crippen LogP) is 32.1. The lowest BCUT2D eigenvalue weighted by atomic mass is 10.0. The van der Waals surface area contributed by atoms with Crippen LogP contribution in [0.5, 0.6) is 0 Å². The highest BCUT2D eigenvalue weighted by atomic mass is 15.2. The molecule has 0 saturated heterocycles. The van der Waals surface area contributed by atoms with Gasteiger partial charge in [-0.05, 0) is 279 Å². The molecule has 0 unspecified atom stereocenters. The average Bonchev–Trinajstić information content (AvgIpc) is 1.18. The summed E-state index contributed by atoms with van der Waals surface area (Å²) >= 11 is 0. The van der Waals surface area contributed by atoms with Crippen LogP contribution in [0.4, 0.5) is 102 Å². The monoisotopic (exact) mass is 1690 g/mol. The van der Waals surface area contributed by atoms with Crippen molar-refractivity contribution in [3.05, 3.63) is 534 Å². The van der Waals surface area contributed by atoms with Crippen molar-refractivity contribution in [2.45, 2.75) is 13.8 Å². The molecule has 0 spiro atoms. The van der Waals surface area contributed by atoms with Crippen molar-refractivity contribution in [2.24, 2.45) is 0 Å². The summed E-state index contributed by atoms with van der Waals surface area (Å²) in [5, 5.41) is 0. The van der Waals surface area contributed by atoms with Crippen LogP contribution in [0.15, 0.2) is 522 Å². The van der Waals surface area contributed by atoms with Crippen molar-refractivity contribution in [3.8, 4) is 44.9 Å². The van der Waals surface area contributed by atoms with Crippen molar-refractivity contribution in [1.29, 1.82) is 0 Å². The third-order valence-electron chi connectivity index (χ3n) is 23.4. The number of rotatable bonds is 22. The number of benzene rings is 16. The maximum Gasteiger partial charge on any atom is 0.137 e. The second-order valence-corrected chi connectivity index (χ2v) is 32.0. The molecule has 0 aliphatic carbocycles. The summed E-state index contributed by atoms with van der Waals surface area (Å²) in [7, 11) is 0. The average molecular weight is 1690 g/mol. The molecule has 12 heteroatoms. The van der Waals surface area contributed by atoms with E-state index in [-0.39, 0.29) is 0 Å². The van der Waals surface area contributed by atoms with Crippen LogP contribution in [-0.4, -0.2) is 28.2 Å². The maximum atomic E-state index is 4.81. The van der Waals surface area contributed by atoms with Gasteiger partial charge in [-0.15, -0.1) is 0 Å². The zero-order valence-electron chi connectivity index (χ0n) is 72.5. The highest BCUT2D eigenvalue weighted by Crippen LogP contribution is 2.46. The minimum absolute atomic E-state index is 0.939. The number of nitrogens with zero attached hydrogens (tertiary/aromatic N) is 12. The van der Waals surface area contributed by atoms with E-state index in [2.05, 4.69) is 506 Å². The van der Waals surface area contributed by atoms with Gasteiger partial charge < -0.3 is 42.6 Å². The molecule has 22 rings (SSSR count). The van der Waals surface area contributed by atoms with Crippen LogP contribution in [0, 0.1) is 13.8 Å². The Kier molecular flexibility index (Phi) is 23.7. The number of anilines is 18. The van der Waals surface area contributed by atoms with Crippen LogP contribution < -0.4 is 29.4 Å². The molecule has 0 radical (unpaired) electrons. The molecule has 22 aromatic rings. The number of pyridine rings is 3. The van der Waals surface area contributed by atoms with E-state index < -0.39 is 0 Å². The number of aromatic nitrogens is 6. The lowest BCUT2D eigenvalue weighted by Gasteiger charge is -2.30. The number of hydrogen-bond acceptors (Lipinski definition) is 9. The van der Waals surface area contributed by atoms with Gasteiger partial charge in [-0.25, -0.2) is 15.0 Å². The molecule has 6 heterocycles. The smallest absolute Gasteiger partial charge is 0.137 e. The SMILES string of the molecule is Cc1cc(N(c2ccccc2)c2ccc(-c3cn4ccccc4n3)cc2)ccc1N(c1ccccc1)c1ccccc1.Cc1cc(N(c2ccccc2)c2ccccc2)ccc1N(c1ccccc1)c1ccc(-c2cn3ccccc3n2)cc1.c1ccc(-c2ccc(N(c3ccccc3)c3ccc(N(c4ccccc4)c4ccc(-c5cn6ccccc6n5)cc4)cc3)cc2)cc1. The Morgan fingerprint density at radius 2 is 0.344 bits per heavy atom. The van der Waals surface area contributed by atoms with Gasteiger partial charge in [-0.2, -0.15) is 0 Å². The molecule has 0 saturated carbocycles. The molecule has 12 nitrogen and oxygen atoms in total. The zero-order chi connectivity index (χ0) is 88.0. The molecule has 0 N–H and O–H groups in total. The Morgan fingerprint density at radius 1 is 0.160 bits per heavy atom. The lowest BCUT2D eigenvalue weighted by molar-refractivity contribution is 1.19. The molecule has 16 aromatic carbocycles. The Hall–Kier alpha value is -17.6. The number of aryl methyl sites for hydroxylation is 2. The van der Waals surface area contributed by atoms with E-state index in [0.717, 1.165) is 153 Å². The van der Waals surface area contributed by atoms with E-state index in [9.17, 15) is 0 Å². The normalized spacial score (nSPS) is 11.0. The fourth-order valence-corrected chi connectivity index (χ4v) is 17.1. The summed E-state index contributed by atoms with van der Waals surface area (Å²) in [6.07, 6.45) is 12.3. The van der Waals surface area contributed by atoms with Gasteiger partial charge in [-0.1, -0.05) is 243 Å². The van der Waals surface area contributed by atoms with Gasteiger partial charge in [0.1, 0.15) is 16.9 Å². The Bertz CT molecular complexity index is 7320. The molecule has 0 amide bonds. The van der Waals surface area contributed by atoms with Crippen LogP contribution in [0.1, 0.15) is 11.1 Å². The van der Waals surface area contributed by atoms with Crippen LogP contribution >= 0.6 is 0 Å². The highest BCUT2D eigenvalue weighted by Gasteiger charge is 2.24. The van der Waals surface area contributed by atoms with Crippen LogP contribution in [0.3, 0.4) is 0 Å². The van der Waals surface area contributed by atoms with Crippen molar-refractivity contribution in [1.82, 2.24) is 28.2 Å². The molecule has 0 fully saturated rings. The summed E-state index contributed by atoms with van der Waals surface area (Å²) in [4.78, 5) is 28.3. The van der Waals surface area contributed by atoms with E-state index in [1.807, 2.05) is 73.2 Å². The number of imidazole rings is 3. The van der Waals surface area contributed by atoms with Gasteiger partial charge in [0.05, 0.1) is 17.1 Å². The van der Waals surface area contributed by atoms with E-state index in [1.165, 1.54) is 22.3 Å².